The normalized spacial score (nSPS) is 12.4. The fraction of sp³-hybridized carbons (Fsp3) is 0.333. The van der Waals surface area contributed by atoms with Gasteiger partial charge in [0, 0.05) is 12.0 Å². The fourth-order valence-corrected chi connectivity index (χ4v) is 2.55. The third-order valence-electron chi connectivity index (χ3n) is 3.63. The maximum absolute atomic E-state index is 4.71. The summed E-state index contributed by atoms with van der Waals surface area (Å²) < 4.78 is 0. The molecule has 1 aliphatic carbocycles. The maximum atomic E-state index is 4.71. The lowest BCUT2D eigenvalue weighted by atomic mass is 10.0. The lowest BCUT2D eigenvalue weighted by molar-refractivity contribution is 0.986. The molecule has 0 aliphatic heterocycles. The minimum atomic E-state index is 0.947. The molecule has 0 atom stereocenters. The van der Waals surface area contributed by atoms with E-state index >= 15 is 0 Å². The molecule has 86 valence electrons. The Bertz CT molecular complexity index is 600. The number of fused-ring (bicyclic) bond motifs is 3. The Balaban J connectivity index is 2.25. The number of hydrogen-bond acceptors (Lipinski definition) is 2. The van der Waals surface area contributed by atoms with Gasteiger partial charge in [0.15, 0.2) is 0 Å². The zero-order valence-electron chi connectivity index (χ0n) is 10.5. The summed E-state index contributed by atoms with van der Waals surface area (Å²) in [4.78, 5) is 9.39. The molecular formula is C15H16N2. The van der Waals surface area contributed by atoms with Crippen molar-refractivity contribution >= 4 is 0 Å². The summed E-state index contributed by atoms with van der Waals surface area (Å²) in [6.45, 7) is 6.27. The summed E-state index contributed by atoms with van der Waals surface area (Å²) >= 11 is 0. The Morgan fingerprint density at radius 2 is 1.88 bits per heavy atom. The molecule has 1 heterocycles. The molecule has 1 aromatic carbocycles. The van der Waals surface area contributed by atoms with Crippen molar-refractivity contribution < 1.29 is 0 Å². The predicted molar refractivity (Wildman–Crippen MR) is 69.1 cm³/mol. The van der Waals surface area contributed by atoms with E-state index in [2.05, 4.69) is 30.1 Å². The first kappa shape index (κ1) is 10.5. The maximum Gasteiger partial charge on any atom is 0.0927 e. The average molecular weight is 224 g/mol. The van der Waals surface area contributed by atoms with Gasteiger partial charge in [0.1, 0.15) is 0 Å². The predicted octanol–water partition coefficient (Wildman–Crippen LogP) is 3.23. The van der Waals surface area contributed by atoms with Crippen LogP contribution in [0.4, 0.5) is 0 Å². The molecule has 0 bridgehead atoms. The van der Waals surface area contributed by atoms with Crippen LogP contribution in [0.5, 0.6) is 0 Å². The Kier molecular flexibility index (Phi) is 2.25. The molecule has 0 fully saturated rings. The first-order valence-electron chi connectivity index (χ1n) is 6.16. The molecule has 0 unspecified atom stereocenters. The molecule has 0 saturated carbocycles. The van der Waals surface area contributed by atoms with Gasteiger partial charge in [0.05, 0.1) is 22.8 Å². The van der Waals surface area contributed by atoms with Gasteiger partial charge in [-0.25, -0.2) is 4.98 Å². The monoisotopic (exact) mass is 224 g/mol. The molecule has 1 aromatic heterocycles. The number of rotatable bonds is 1. The molecule has 0 saturated heterocycles. The number of nitrogens with zero attached hydrogens (tertiary/aromatic N) is 2. The zero-order valence-corrected chi connectivity index (χ0v) is 10.5. The van der Waals surface area contributed by atoms with E-state index in [9.17, 15) is 0 Å². The van der Waals surface area contributed by atoms with Crippen LogP contribution in [-0.2, 0) is 12.8 Å². The largest absolute Gasteiger partial charge is 0.254 e. The summed E-state index contributed by atoms with van der Waals surface area (Å²) in [6.07, 6.45) is 2.03. The van der Waals surface area contributed by atoms with Crippen LogP contribution >= 0.6 is 0 Å². The summed E-state index contributed by atoms with van der Waals surface area (Å²) in [5.74, 6) is 0. The van der Waals surface area contributed by atoms with Crippen molar-refractivity contribution in [3.8, 4) is 11.3 Å². The van der Waals surface area contributed by atoms with E-state index < -0.39 is 0 Å². The van der Waals surface area contributed by atoms with E-state index in [-0.39, 0.29) is 0 Å². The molecular weight excluding hydrogens is 208 g/mol. The van der Waals surface area contributed by atoms with E-state index in [1.54, 1.807) is 0 Å². The smallest absolute Gasteiger partial charge is 0.0927 e. The molecule has 2 nitrogen and oxygen atoms in total. The number of hydrogen-bond donors (Lipinski definition) is 0. The van der Waals surface area contributed by atoms with Crippen molar-refractivity contribution in [3.63, 3.8) is 0 Å². The van der Waals surface area contributed by atoms with Crippen molar-refractivity contribution in [2.45, 2.75) is 33.6 Å². The van der Waals surface area contributed by atoms with Crippen LogP contribution in [0.2, 0.25) is 0 Å². The second-order valence-electron chi connectivity index (χ2n) is 4.66. The van der Waals surface area contributed by atoms with E-state index in [1.165, 1.54) is 16.7 Å². The molecule has 3 rings (SSSR count). The van der Waals surface area contributed by atoms with Crippen LogP contribution in [0.1, 0.15) is 35.1 Å². The third kappa shape index (κ3) is 1.47. The standard InChI is InChI=1S/C15H16N2/c1-4-11-6-5-7-12-13(11)8-14-15(12)17-10(3)9(2)16-14/h5-7H,4,8H2,1-3H3. The van der Waals surface area contributed by atoms with Gasteiger partial charge in [-0.15, -0.1) is 0 Å². The van der Waals surface area contributed by atoms with E-state index in [0.29, 0.717) is 0 Å². The highest BCUT2D eigenvalue weighted by atomic mass is 14.9. The van der Waals surface area contributed by atoms with Crippen LogP contribution < -0.4 is 0 Å². The molecule has 2 aromatic rings. The Hall–Kier alpha value is -1.70. The third-order valence-corrected chi connectivity index (χ3v) is 3.63. The summed E-state index contributed by atoms with van der Waals surface area (Å²) in [7, 11) is 0. The van der Waals surface area contributed by atoms with Crippen LogP contribution in [0.3, 0.4) is 0 Å². The van der Waals surface area contributed by atoms with Gasteiger partial charge in [-0.05, 0) is 31.4 Å². The van der Waals surface area contributed by atoms with Crippen molar-refractivity contribution in [3.05, 3.63) is 46.4 Å². The van der Waals surface area contributed by atoms with Gasteiger partial charge in [0.25, 0.3) is 0 Å². The van der Waals surface area contributed by atoms with Gasteiger partial charge >= 0.3 is 0 Å². The Labute approximate surface area is 102 Å². The zero-order chi connectivity index (χ0) is 12.0. The lowest BCUT2D eigenvalue weighted by Crippen LogP contribution is -1.97. The van der Waals surface area contributed by atoms with E-state index in [4.69, 9.17) is 4.98 Å². The van der Waals surface area contributed by atoms with Crippen molar-refractivity contribution in [2.24, 2.45) is 0 Å². The van der Waals surface area contributed by atoms with Crippen LogP contribution in [-0.4, -0.2) is 9.97 Å². The highest BCUT2D eigenvalue weighted by molar-refractivity contribution is 5.73. The average Bonchev–Trinajstić information content (AvgIpc) is 2.67. The fourth-order valence-electron chi connectivity index (χ4n) is 2.55. The number of aryl methyl sites for hydroxylation is 3. The second kappa shape index (κ2) is 3.66. The van der Waals surface area contributed by atoms with Crippen LogP contribution in [0.25, 0.3) is 11.3 Å². The van der Waals surface area contributed by atoms with Crippen molar-refractivity contribution in [1.82, 2.24) is 9.97 Å². The lowest BCUT2D eigenvalue weighted by Gasteiger charge is -2.05. The summed E-state index contributed by atoms with van der Waals surface area (Å²) in [6, 6.07) is 6.51. The van der Waals surface area contributed by atoms with Crippen molar-refractivity contribution in [1.29, 1.82) is 0 Å². The van der Waals surface area contributed by atoms with Crippen LogP contribution in [0.15, 0.2) is 18.2 Å². The number of aromatic nitrogens is 2. The molecule has 0 spiro atoms. The van der Waals surface area contributed by atoms with Crippen LogP contribution in [0, 0.1) is 13.8 Å². The molecule has 0 radical (unpaired) electrons. The first-order chi connectivity index (χ1) is 8.20. The highest BCUT2D eigenvalue weighted by Gasteiger charge is 2.23. The van der Waals surface area contributed by atoms with Gasteiger partial charge < -0.3 is 0 Å². The quantitative estimate of drug-likeness (QED) is 0.634. The number of benzene rings is 1. The van der Waals surface area contributed by atoms with E-state index in [1.807, 2.05) is 13.8 Å². The topological polar surface area (TPSA) is 25.8 Å². The highest BCUT2D eigenvalue weighted by Crippen LogP contribution is 2.36. The van der Waals surface area contributed by atoms with E-state index in [0.717, 1.165) is 35.6 Å². The SMILES string of the molecule is CCc1cccc2c1Cc1nc(C)c(C)nc1-2. The van der Waals surface area contributed by atoms with Gasteiger partial charge in [-0.1, -0.05) is 25.1 Å². The Morgan fingerprint density at radius 3 is 2.65 bits per heavy atom. The first-order valence-corrected chi connectivity index (χ1v) is 6.16. The van der Waals surface area contributed by atoms with Gasteiger partial charge in [0.2, 0.25) is 0 Å². The molecule has 0 amide bonds. The Morgan fingerprint density at radius 1 is 1.12 bits per heavy atom. The van der Waals surface area contributed by atoms with Gasteiger partial charge in [-0.2, -0.15) is 0 Å². The van der Waals surface area contributed by atoms with Crippen molar-refractivity contribution in [2.75, 3.05) is 0 Å². The molecule has 17 heavy (non-hydrogen) atoms. The second-order valence-corrected chi connectivity index (χ2v) is 4.66. The minimum absolute atomic E-state index is 0.947. The van der Waals surface area contributed by atoms with Gasteiger partial charge in [-0.3, -0.25) is 4.98 Å². The molecule has 0 N–H and O–H groups in total. The summed E-state index contributed by atoms with van der Waals surface area (Å²) in [5.41, 5.74) is 8.47. The minimum Gasteiger partial charge on any atom is -0.254 e. The molecule has 1 aliphatic rings. The summed E-state index contributed by atoms with van der Waals surface area (Å²) in [5, 5.41) is 0. The molecule has 2 heteroatoms.